The van der Waals surface area contributed by atoms with Crippen molar-refractivity contribution in [2.24, 2.45) is 5.41 Å². The Balaban J connectivity index is 2.08. The van der Waals surface area contributed by atoms with Gasteiger partial charge in [0.15, 0.2) is 0 Å². The summed E-state index contributed by atoms with van der Waals surface area (Å²) in [6.07, 6.45) is 2.37. The van der Waals surface area contributed by atoms with E-state index in [0.717, 1.165) is 30.3 Å². The van der Waals surface area contributed by atoms with Crippen LogP contribution in [-0.4, -0.2) is 42.1 Å². The van der Waals surface area contributed by atoms with Crippen LogP contribution in [0.1, 0.15) is 44.0 Å². The molecule has 1 aromatic heterocycles. The highest BCUT2D eigenvalue weighted by Crippen LogP contribution is 2.39. The van der Waals surface area contributed by atoms with Gasteiger partial charge in [-0.25, -0.2) is 9.97 Å². The number of hydrogen-bond acceptors (Lipinski definition) is 4. The maximum Gasteiger partial charge on any atom is 0.137 e. The van der Waals surface area contributed by atoms with E-state index in [9.17, 15) is 0 Å². The molecule has 0 radical (unpaired) electrons. The van der Waals surface area contributed by atoms with Crippen molar-refractivity contribution in [1.29, 1.82) is 0 Å². The lowest BCUT2D eigenvalue weighted by Crippen LogP contribution is -2.34. The Morgan fingerprint density at radius 2 is 1.95 bits per heavy atom. The van der Waals surface area contributed by atoms with Gasteiger partial charge in [0.25, 0.3) is 0 Å². The molecule has 0 atom stereocenters. The molecular formula is C15H25ClN4. The van der Waals surface area contributed by atoms with Gasteiger partial charge in [0, 0.05) is 24.6 Å². The quantitative estimate of drug-likeness (QED) is 0.818. The second-order valence-corrected chi connectivity index (χ2v) is 7.23. The van der Waals surface area contributed by atoms with Gasteiger partial charge < -0.3 is 10.2 Å². The molecule has 1 fully saturated rings. The predicted octanol–water partition coefficient (Wildman–Crippen LogP) is 3.32. The lowest BCUT2D eigenvalue weighted by molar-refractivity contribution is 0.254. The van der Waals surface area contributed by atoms with Crippen LogP contribution in [0.2, 0.25) is 5.15 Å². The molecule has 112 valence electrons. The molecule has 0 saturated heterocycles. The van der Waals surface area contributed by atoms with Crippen LogP contribution in [0.4, 0.5) is 5.82 Å². The Hall–Kier alpha value is -0.870. The molecule has 20 heavy (non-hydrogen) atoms. The van der Waals surface area contributed by atoms with E-state index in [1.165, 1.54) is 12.8 Å². The summed E-state index contributed by atoms with van der Waals surface area (Å²) < 4.78 is 0. The maximum absolute atomic E-state index is 6.23. The van der Waals surface area contributed by atoms with Crippen LogP contribution < -0.4 is 5.32 Å². The lowest BCUT2D eigenvalue weighted by atomic mass is 9.93. The summed E-state index contributed by atoms with van der Waals surface area (Å²) in [5.74, 6) is 2.30. The number of halogens is 1. The highest BCUT2D eigenvalue weighted by atomic mass is 35.5. The van der Waals surface area contributed by atoms with Crippen LogP contribution in [0.25, 0.3) is 0 Å². The van der Waals surface area contributed by atoms with E-state index in [1.807, 2.05) is 6.92 Å². The van der Waals surface area contributed by atoms with Crippen molar-refractivity contribution in [2.75, 3.05) is 32.5 Å². The molecule has 2 rings (SSSR count). The first-order chi connectivity index (χ1) is 9.28. The average molecular weight is 297 g/mol. The van der Waals surface area contributed by atoms with Crippen LogP contribution in [0.15, 0.2) is 0 Å². The third-order valence-corrected chi connectivity index (χ3v) is 3.89. The summed E-state index contributed by atoms with van der Waals surface area (Å²) in [6, 6.07) is 0. The summed E-state index contributed by atoms with van der Waals surface area (Å²) in [5.41, 5.74) is 1.12. The third-order valence-electron chi connectivity index (χ3n) is 3.52. The van der Waals surface area contributed by atoms with E-state index < -0.39 is 0 Å². The second-order valence-electron chi connectivity index (χ2n) is 6.88. The Labute approximate surface area is 126 Å². The van der Waals surface area contributed by atoms with Gasteiger partial charge >= 0.3 is 0 Å². The highest BCUT2D eigenvalue weighted by Gasteiger charge is 2.28. The monoisotopic (exact) mass is 296 g/mol. The summed E-state index contributed by atoms with van der Waals surface area (Å²) in [4.78, 5) is 11.3. The Morgan fingerprint density at radius 1 is 1.30 bits per heavy atom. The van der Waals surface area contributed by atoms with E-state index in [0.29, 0.717) is 11.1 Å². The summed E-state index contributed by atoms with van der Waals surface area (Å²) >= 11 is 6.23. The number of aromatic nitrogens is 2. The highest BCUT2D eigenvalue weighted by molar-refractivity contribution is 6.30. The van der Waals surface area contributed by atoms with Gasteiger partial charge in [-0.05, 0) is 39.3 Å². The number of nitrogens with zero attached hydrogens (tertiary/aromatic N) is 3. The molecule has 0 bridgehead atoms. The third kappa shape index (κ3) is 4.06. The number of anilines is 1. The van der Waals surface area contributed by atoms with E-state index in [4.69, 9.17) is 11.6 Å². The van der Waals surface area contributed by atoms with Crippen molar-refractivity contribution in [3.05, 3.63) is 16.5 Å². The topological polar surface area (TPSA) is 41.1 Å². The zero-order valence-electron chi connectivity index (χ0n) is 13.1. The maximum atomic E-state index is 6.23. The van der Waals surface area contributed by atoms with Crippen molar-refractivity contribution >= 4 is 17.4 Å². The molecule has 0 aromatic carbocycles. The Bertz CT molecular complexity index is 481. The predicted molar refractivity (Wildman–Crippen MR) is 84.6 cm³/mol. The minimum atomic E-state index is 0.174. The molecule has 1 heterocycles. The Morgan fingerprint density at radius 3 is 2.50 bits per heavy atom. The molecule has 4 nitrogen and oxygen atoms in total. The summed E-state index contributed by atoms with van der Waals surface area (Å²) in [7, 11) is 4.19. The molecular weight excluding hydrogens is 272 g/mol. The largest absolute Gasteiger partial charge is 0.369 e. The zero-order valence-corrected chi connectivity index (χ0v) is 13.9. The van der Waals surface area contributed by atoms with E-state index in [1.54, 1.807) is 0 Å². The van der Waals surface area contributed by atoms with E-state index in [-0.39, 0.29) is 5.41 Å². The van der Waals surface area contributed by atoms with Crippen LogP contribution in [-0.2, 0) is 0 Å². The standard InChI is InChI=1S/C15H25ClN4/c1-10-12(16)18-14(11-6-7-11)19-13(10)17-8-15(2,3)9-20(4)5/h11H,6-9H2,1-5H3,(H,17,18,19). The number of rotatable bonds is 6. The molecule has 0 spiro atoms. The van der Waals surface area contributed by atoms with Crippen molar-refractivity contribution in [3.8, 4) is 0 Å². The van der Waals surface area contributed by atoms with Gasteiger partial charge in [-0.3, -0.25) is 0 Å². The van der Waals surface area contributed by atoms with Crippen LogP contribution >= 0.6 is 11.6 Å². The van der Waals surface area contributed by atoms with Gasteiger partial charge in [-0.15, -0.1) is 0 Å². The smallest absolute Gasteiger partial charge is 0.137 e. The molecule has 0 unspecified atom stereocenters. The minimum Gasteiger partial charge on any atom is -0.369 e. The van der Waals surface area contributed by atoms with Crippen LogP contribution in [0.3, 0.4) is 0 Å². The molecule has 0 amide bonds. The van der Waals surface area contributed by atoms with E-state index >= 15 is 0 Å². The van der Waals surface area contributed by atoms with Crippen LogP contribution in [0, 0.1) is 12.3 Å². The molecule has 1 N–H and O–H groups in total. The van der Waals surface area contributed by atoms with Gasteiger partial charge in [-0.2, -0.15) is 0 Å². The summed E-state index contributed by atoms with van der Waals surface area (Å²) in [6.45, 7) is 8.36. The number of hydrogen-bond donors (Lipinski definition) is 1. The van der Waals surface area contributed by atoms with Gasteiger partial charge in [0.05, 0.1) is 0 Å². The van der Waals surface area contributed by atoms with Gasteiger partial charge in [-0.1, -0.05) is 25.4 Å². The first kappa shape index (κ1) is 15.5. The first-order valence-electron chi connectivity index (χ1n) is 7.21. The minimum absolute atomic E-state index is 0.174. The fraction of sp³-hybridized carbons (Fsp3) is 0.733. The van der Waals surface area contributed by atoms with Crippen molar-refractivity contribution in [3.63, 3.8) is 0 Å². The van der Waals surface area contributed by atoms with E-state index in [2.05, 4.69) is 48.1 Å². The zero-order chi connectivity index (χ0) is 14.9. The molecule has 1 saturated carbocycles. The van der Waals surface area contributed by atoms with Crippen molar-refractivity contribution in [2.45, 2.75) is 39.5 Å². The SMILES string of the molecule is Cc1c(Cl)nc(C2CC2)nc1NCC(C)(C)CN(C)C. The fourth-order valence-electron chi connectivity index (χ4n) is 2.44. The lowest BCUT2D eigenvalue weighted by Gasteiger charge is -2.29. The Kier molecular flexibility index (Phi) is 4.55. The first-order valence-corrected chi connectivity index (χ1v) is 7.59. The normalized spacial score (nSPS) is 15.8. The van der Waals surface area contributed by atoms with Gasteiger partial charge in [0.1, 0.15) is 16.8 Å². The van der Waals surface area contributed by atoms with Gasteiger partial charge in [0.2, 0.25) is 0 Å². The molecule has 1 aromatic rings. The number of nitrogens with one attached hydrogen (secondary N) is 1. The van der Waals surface area contributed by atoms with Crippen LogP contribution in [0.5, 0.6) is 0 Å². The molecule has 0 aliphatic heterocycles. The second kappa shape index (κ2) is 5.86. The molecule has 1 aliphatic carbocycles. The average Bonchev–Trinajstić information content (AvgIpc) is 3.13. The van der Waals surface area contributed by atoms with Crippen molar-refractivity contribution < 1.29 is 0 Å². The molecule has 1 aliphatic rings. The summed E-state index contributed by atoms with van der Waals surface area (Å²) in [5, 5.41) is 4.04. The molecule has 5 heteroatoms. The van der Waals surface area contributed by atoms with Crippen molar-refractivity contribution in [1.82, 2.24) is 14.9 Å². The fourth-order valence-corrected chi connectivity index (χ4v) is 2.61.